The van der Waals surface area contributed by atoms with Crippen molar-refractivity contribution >= 4 is 23.1 Å². The smallest absolute Gasteiger partial charge is 0.261 e. The van der Waals surface area contributed by atoms with Gasteiger partial charge in [0.1, 0.15) is 5.82 Å². The van der Waals surface area contributed by atoms with Crippen LogP contribution in [0.15, 0.2) is 47.3 Å². The molecule has 4 rings (SSSR count). The molecule has 0 amide bonds. The van der Waals surface area contributed by atoms with Crippen molar-refractivity contribution in [1.29, 1.82) is 0 Å². The highest BCUT2D eigenvalue weighted by Gasteiger charge is 2.12. The molecule has 1 aromatic heterocycles. The Kier molecular flexibility index (Phi) is 3.54. The van der Waals surface area contributed by atoms with E-state index in [0.717, 1.165) is 17.1 Å². The van der Waals surface area contributed by atoms with Gasteiger partial charge in [0, 0.05) is 6.54 Å². The van der Waals surface area contributed by atoms with E-state index in [1.807, 2.05) is 61.5 Å². The monoisotopic (exact) mass is 320 g/mol. The van der Waals surface area contributed by atoms with Crippen LogP contribution < -0.4 is 15.0 Å². The Morgan fingerprint density at radius 2 is 1.96 bits per heavy atom. The van der Waals surface area contributed by atoms with Crippen molar-refractivity contribution in [1.82, 2.24) is 9.55 Å². The average molecular weight is 320 g/mol. The van der Waals surface area contributed by atoms with E-state index in [2.05, 4.69) is 4.98 Å². The number of nitrogens with zero attached hydrogens (tertiary/aromatic N) is 2. The fraction of sp³-hybridized carbons (Fsp3) is 0.158. The van der Waals surface area contributed by atoms with Crippen LogP contribution in [0.5, 0.6) is 11.5 Å². The summed E-state index contributed by atoms with van der Waals surface area (Å²) in [6.45, 7) is 2.76. The van der Waals surface area contributed by atoms with Gasteiger partial charge in [0.15, 0.2) is 11.5 Å². The molecule has 24 heavy (non-hydrogen) atoms. The van der Waals surface area contributed by atoms with Gasteiger partial charge in [-0.05, 0) is 42.8 Å². The summed E-state index contributed by atoms with van der Waals surface area (Å²) in [6.07, 6.45) is 3.78. The average Bonchev–Trinajstić information content (AvgIpc) is 3.08. The standard InChI is InChI=1S/C19H16N2O3/c1-2-21-18(20-15-6-4-3-5-14(15)19(21)22)10-8-13-7-9-16-17(11-13)24-12-23-16/h3-11H,2,12H2,1H3/b10-8+. The highest BCUT2D eigenvalue weighted by atomic mass is 16.7. The topological polar surface area (TPSA) is 53.4 Å². The number of rotatable bonds is 3. The van der Waals surface area contributed by atoms with Crippen molar-refractivity contribution < 1.29 is 9.47 Å². The van der Waals surface area contributed by atoms with E-state index in [1.54, 1.807) is 4.57 Å². The molecule has 120 valence electrons. The Labute approximate surface area is 138 Å². The number of fused-ring (bicyclic) bond motifs is 2. The molecule has 0 N–H and O–H groups in total. The minimum atomic E-state index is -0.0200. The van der Waals surface area contributed by atoms with Crippen molar-refractivity contribution in [3.05, 3.63) is 64.2 Å². The molecule has 0 fully saturated rings. The number of ether oxygens (including phenoxy) is 2. The van der Waals surface area contributed by atoms with Crippen molar-refractivity contribution in [3.8, 4) is 11.5 Å². The van der Waals surface area contributed by atoms with Gasteiger partial charge < -0.3 is 9.47 Å². The van der Waals surface area contributed by atoms with Crippen molar-refractivity contribution in [3.63, 3.8) is 0 Å². The molecular formula is C19H16N2O3. The van der Waals surface area contributed by atoms with E-state index in [-0.39, 0.29) is 12.4 Å². The minimum Gasteiger partial charge on any atom is -0.454 e. The summed E-state index contributed by atoms with van der Waals surface area (Å²) in [4.78, 5) is 17.2. The Balaban J connectivity index is 1.77. The van der Waals surface area contributed by atoms with Crippen LogP contribution in [0.1, 0.15) is 18.3 Å². The fourth-order valence-corrected chi connectivity index (χ4v) is 2.81. The first kappa shape index (κ1) is 14.5. The molecule has 1 aliphatic rings. The van der Waals surface area contributed by atoms with E-state index < -0.39 is 0 Å². The molecule has 1 aliphatic heterocycles. The maximum atomic E-state index is 12.6. The van der Waals surface area contributed by atoms with E-state index in [0.29, 0.717) is 23.3 Å². The number of para-hydroxylation sites is 1. The zero-order valence-corrected chi connectivity index (χ0v) is 13.2. The second-order valence-electron chi connectivity index (χ2n) is 5.48. The highest BCUT2D eigenvalue weighted by molar-refractivity contribution is 5.79. The van der Waals surface area contributed by atoms with Gasteiger partial charge in [-0.2, -0.15) is 0 Å². The first-order chi connectivity index (χ1) is 11.8. The zero-order chi connectivity index (χ0) is 16.5. The molecule has 2 aromatic carbocycles. The molecule has 0 atom stereocenters. The first-order valence-electron chi connectivity index (χ1n) is 7.83. The third kappa shape index (κ3) is 2.44. The Bertz CT molecular complexity index is 1010. The molecule has 5 nitrogen and oxygen atoms in total. The van der Waals surface area contributed by atoms with Gasteiger partial charge in [0.05, 0.1) is 10.9 Å². The zero-order valence-electron chi connectivity index (χ0n) is 13.2. The molecule has 0 saturated carbocycles. The van der Waals surface area contributed by atoms with Gasteiger partial charge in [-0.1, -0.05) is 24.3 Å². The largest absolute Gasteiger partial charge is 0.454 e. The van der Waals surface area contributed by atoms with Gasteiger partial charge in [-0.25, -0.2) is 4.98 Å². The third-order valence-corrected chi connectivity index (χ3v) is 4.03. The molecule has 0 aliphatic carbocycles. The quantitative estimate of drug-likeness (QED) is 0.743. The van der Waals surface area contributed by atoms with Crippen LogP contribution in [0, 0.1) is 0 Å². The van der Waals surface area contributed by atoms with Crippen molar-refractivity contribution in [2.45, 2.75) is 13.5 Å². The third-order valence-electron chi connectivity index (χ3n) is 4.03. The Morgan fingerprint density at radius 3 is 2.83 bits per heavy atom. The summed E-state index contributed by atoms with van der Waals surface area (Å²) in [6, 6.07) is 13.1. The van der Waals surface area contributed by atoms with Gasteiger partial charge >= 0.3 is 0 Å². The number of hydrogen-bond donors (Lipinski definition) is 0. The van der Waals surface area contributed by atoms with Crippen LogP contribution in [0.25, 0.3) is 23.1 Å². The lowest BCUT2D eigenvalue weighted by Gasteiger charge is -2.08. The molecule has 5 heteroatoms. The fourth-order valence-electron chi connectivity index (χ4n) is 2.81. The minimum absolute atomic E-state index is 0.0200. The van der Waals surface area contributed by atoms with Crippen LogP contribution >= 0.6 is 0 Å². The van der Waals surface area contributed by atoms with E-state index in [4.69, 9.17) is 9.47 Å². The molecule has 0 saturated heterocycles. The van der Waals surface area contributed by atoms with Gasteiger partial charge in [0.25, 0.3) is 5.56 Å². The van der Waals surface area contributed by atoms with Crippen molar-refractivity contribution in [2.75, 3.05) is 6.79 Å². The predicted octanol–water partition coefficient (Wildman–Crippen LogP) is 3.32. The second-order valence-corrected chi connectivity index (χ2v) is 5.48. The van der Waals surface area contributed by atoms with E-state index >= 15 is 0 Å². The second kappa shape index (κ2) is 5.85. The lowest BCUT2D eigenvalue weighted by atomic mass is 10.2. The summed E-state index contributed by atoms with van der Waals surface area (Å²) < 4.78 is 12.4. The van der Waals surface area contributed by atoms with Crippen molar-refractivity contribution in [2.24, 2.45) is 0 Å². The summed E-state index contributed by atoms with van der Waals surface area (Å²) in [5.74, 6) is 2.12. The summed E-state index contributed by atoms with van der Waals surface area (Å²) >= 11 is 0. The lowest BCUT2D eigenvalue weighted by molar-refractivity contribution is 0.174. The predicted molar refractivity (Wildman–Crippen MR) is 93.2 cm³/mol. The van der Waals surface area contributed by atoms with Gasteiger partial charge in [0.2, 0.25) is 6.79 Å². The maximum Gasteiger partial charge on any atom is 0.261 e. The van der Waals surface area contributed by atoms with E-state index in [9.17, 15) is 4.79 Å². The van der Waals surface area contributed by atoms with Gasteiger partial charge in [-0.3, -0.25) is 9.36 Å². The van der Waals surface area contributed by atoms with Crippen LogP contribution in [0.2, 0.25) is 0 Å². The van der Waals surface area contributed by atoms with Gasteiger partial charge in [-0.15, -0.1) is 0 Å². The molecule has 2 heterocycles. The summed E-state index contributed by atoms with van der Waals surface area (Å²) in [5.41, 5.74) is 1.65. The number of hydrogen-bond acceptors (Lipinski definition) is 4. The van der Waals surface area contributed by atoms with E-state index in [1.165, 1.54) is 0 Å². The summed E-state index contributed by atoms with van der Waals surface area (Å²) in [5, 5.41) is 0.638. The number of benzene rings is 2. The van der Waals surface area contributed by atoms with Crippen LogP contribution in [-0.2, 0) is 6.54 Å². The Hall–Kier alpha value is -3.08. The highest BCUT2D eigenvalue weighted by Crippen LogP contribution is 2.32. The molecule has 0 bridgehead atoms. The number of aromatic nitrogens is 2. The molecule has 0 radical (unpaired) electrons. The molecule has 0 spiro atoms. The first-order valence-corrected chi connectivity index (χ1v) is 7.83. The maximum absolute atomic E-state index is 12.6. The van der Waals surface area contributed by atoms with Crippen LogP contribution in [0.3, 0.4) is 0 Å². The normalized spacial score (nSPS) is 13.0. The van der Waals surface area contributed by atoms with Crippen LogP contribution in [-0.4, -0.2) is 16.3 Å². The van der Waals surface area contributed by atoms with Crippen LogP contribution in [0.4, 0.5) is 0 Å². The molecular weight excluding hydrogens is 304 g/mol. The molecule has 0 unspecified atom stereocenters. The SMILES string of the molecule is CCn1c(/C=C/c2ccc3c(c2)OCO3)nc2ccccc2c1=O. The Morgan fingerprint density at radius 1 is 1.12 bits per heavy atom. The lowest BCUT2D eigenvalue weighted by Crippen LogP contribution is -2.22. The molecule has 3 aromatic rings. The summed E-state index contributed by atoms with van der Waals surface area (Å²) in [7, 11) is 0.